The summed E-state index contributed by atoms with van der Waals surface area (Å²) in [5.41, 5.74) is 0. The normalized spacial score (nSPS) is 20.9. The summed E-state index contributed by atoms with van der Waals surface area (Å²) in [6, 6.07) is 4.96. The molecule has 1 aromatic rings. The molecule has 1 aromatic carbocycles. The van der Waals surface area contributed by atoms with Crippen LogP contribution in [0.5, 0.6) is 0 Å². The second kappa shape index (κ2) is 8.35. The molecule has 148 valence electrons. The number of nitrogens with one attached hydrogen (secondary N) is 2. The van der Waals surface area contributed by atoms with Crippen LogP contribution in [0.1, 0.15) is 32.1 Å². The van der Waals surface area contributed by atoms with E-state index in [1.54, 1.807) is 0 Å². The number of carbonyl (C=O) groups excluding carboxylic acids is 2. The van der Waals surface area contributed by atoms with Gasteiger partial charge in [-0.2, -0.15) is 4.31 Å². The van der Waals surface area contributed by atoms with Gasteiger partial charge in [0, 0.05) is 32.1 Å². The molecular weight excluding hydrogens is 373 g/mol. The van der Waals surface area contributed by atoms with E-state index in [1.165, 1.54) is 16.4 Å². The number of halogens is 1. The standard InChI is InChI=1S/C18H24FN3O4S/c19-14-3-7-16(8-4-14)27(25,26)22-11-1-2-13(12-22)18(24)20-10-9-17(23)21-15-5-6-15/h3-4,7-8,13,15H,1-2,5-6,9-12H2,(H,20,24)(H,21,23). The zero-order valence-corrected chi connectivity index (χ0v) is 15.8. The molecule has 1 atom stereocenters. The first-order valence-corrected chi connectivity index (χ1v) is 10.6. The summed E-state index contributed by atoms with van der Waals surface area (Å²) >= 11 is 0. The van der Waals surface area contributed by atoms with E-state index >= 15 is 0 Å². The molecule has 1 heterocycles. The lowest BCUT2D eigenvalue weighted by Gasteiger charge is -2.31. The zero-order chi connectivity index (χ0) is 19.4. The molecule has 0 radical (unpaired) electrons. The highest BCUT2D eigenvalue weighted by atomic mass is 32.2. The molecule has 1 aliphatic heterocycles. The van der Waals surface area contributed by atoms with Gasteiger partial charge < -0.3 is 10.6 Å². The van der Waals surface area contributed by atoms with E-state index in [0.717, 1.165) is 25.0 Å². The summed E-state index contributed by atoms with van der Waals surface area (Å²) in [6.07, 6.45) is 3.40. The van der Waals surface area contributed by atoms with Crippen LogP contribution >= 0.6 is 0 Å². The SMILES string of the molecule is O=C(CCNC(=O)C1CCCN(S(=O)(=O)c2ccc(F)cc2)C1)NC1CC1. The maximum atomic E-state index is 13.0. The van der Waals surface area contributed by atoms with Crippen LogP contribution in [0.2, 0.25) is 0 Å². The van der Waals surface area contributed by atoms with Crippen molar-refractivity contribution in [2.45, 2.75) is 43.0 Å². The fraction of sp³-hybridized carbons (Fsp3) is 0.556. The lowest BCUT2D eigenvalue weighted by molar-refractivity contribution is -0.126. The monoisotopic (exact) mass is 397 g/mol. The highest BCUT2D eigenvalue weighted by Gasteiger charge is 2.33. The average Bonchev–Trinajstić information content (AvgIpc) is 3.46. The molecule has 27 heavy (non-hydrogen) atoms. The molecule has 1 saturated heterocycles. The third-order valence-electron chi connectivity index (χ3n) is 4.80. The molecule has 3 rings (SSSR count). The number of amides is 2. The topological polar surface area (TPSA) is 95.6 Å². The Bertz CT molecular complexity index is 793. The van der Waals surface area contributed by atoms with Gasteiger partial charge in [0.2, 0.25) is 21.8 Å². The Hall–Kier alpha value is -2.00. The van der Waals surface area contributed by atoms with E-state index in [1.807, 2.05) is 0 Å². The third-order valence-corrected chi connectivity index (χ3v) is 6.68. The minimum atomic E-state index is -3.76. The number of hydrogen-bond donors (Lipinski definition) is 2. The molecule has 1 saturated carbocycles. The molecule has 1 unspecified atom stereocenters. The van der Waals surface area contributed by atoms with Gasteiger partial charge in [-0.15, -0.1) is 0 Å². The summed E-state index contributed by atoms with van der Waals surface area (Å²) < 4.78 is 39.7. The Balaban J connectivity index is 1.52. The maximum absolute atomic E-state index is 13.0. The van der Waals surface area contributed by atoms with Crippen molar-refractivity contribution >= 4 is 21.8 Å². The summed E-state index contributed by atoms with van der Waals surface area (Å²) in [7, 11) is -3.76. The van der Waals surface area contributed by atoms with Crippen LogP contribution in [0.25, 0.3) is 0 Å². The van der Waals surface area contributed by atoms with Crippen molar-refractivity contribution in [2.75, 3.05) is 19.6 Å². The van der Waals surface area contributed by atoms with Gasteiger partial charge in [-0.05, 0) is 49.9 Å². The summed E-state index contributed by atoms with van der Waals surface area (Å²) in [6.45, 7) is 0.645. The number of sulfonamides is 1. The van der Waals surface area contributed by atoms with Gasteiger partial charge in [0.25, 0.3) is 0 Å². The predicted octanol–water partition coefficient (Wildman–Crippen LogP) is 1.01. The van der Waals surface area contributed by atoms with Crippen LogP contribution < -0.4 is 10.6 Å². The predicted molar refractivity (Wildman–Crippen MR) is 96.7 cm³/mol. The second-order valence-corrected chi connectivity index (χ2v) is 8.98. The molecule has 2 N–H and O–H groups in total. The second-order valence-electron chi connectivity index (χ2n) is 7.04. The number of carbonyl (C=O) groups is 2. The lowest BCUT2D eigenvalue weighted by atomic mass is 9.99. The zero-order valence-electron chi connectivity index (χ0n) is 15.0. The number of piperidine rings is 1. The number of benzene rings is 1. The Labute approximate surface area is 158 Å². The Kier molecular flexibility index (Phi) is 6.11. The first-order valence-electron chi connectivity index (χ1n) is 9.19. The van der Waals surface area contributed by atoms with Crippen LogP contribution in [-0.2, 0) is 19.6 Å². The van der Waals surface area contributed by atoms with E-state index < -0.39 is 21.8 Å². The quantitative estimate of drug-likeness (QED) is 0.718. The number of rotatable bonds is 7. The van der Waals surface area contributed by atoms with Crippen LogP contribution in [-0.4, -0.2) is 50.2 Å². The highest BCUT2D eigenvalue weighted by molar-refractivity contribution is 7.89. The minimum absolute atomic E-state index is 0.0155. The van der Waals surface area contributed by atoms with Crippen molar-refractivity contribution in [3.8, 4) is 0 Å². The van der Waals surface area contributed by atoms with E-state index in [-0.39, 0.29) is 42.3 Å². The Morgan fingerprint density at radius 3 is 2.52 bits per heavy atom. The number of hydrogen-bond acceptors (Lipinski definition) is 4. The van der Waals surface area contributed by atoms with Crippen molar-refractivity contribution in [2.24, 2.45) is 5.92 Å². The molecule has 0 aromatic heterocycles. The van der Waals surface area contributed by atoms with Crippen molar-refractivity contribution in [1.82, 2.24) is 14.9 Å². The van der Waals surface area contributed by atoms with Gasteiger partial charge in [-0.1, -0.05) is 0 Å². The highest BCUT2D eigenvalue weighted by Crippen LogP contribution is 2.24. The van der Waals surface area contributed by atoms with E-state index in [4.69, 9.17) is 0 Å². The van der Waals surface area contributed by atoms with Gasteiger partial charge in [0.15, 0.2) is 0 Å². The molecule has 1 aliphatic carbocycles. The van der Waals surface area contributed by atoms with Crippen molar-refractivity contribution < 1.29 is 22.4 Å². The largest absolute Gasteiger partial charge is 0.355 e. The lowest BCUT2D eigenvalue weighted by Crippen LogP contribution is -2.45. The fourth-order valence-electron chi connectivity index (χ4n) is 3.10. The minimum Gasteiger partial charge on any atom is -0.355 e. The molecule has 7 nitrogen and oxygen atoms in total. The van der Waals surface area contributed by atoms with Crippen LogP contribution in [0.15, 0.2) is 29.2 Å². The van der Waals surface area contributed by atoms with Crippen LogP contribution in [0.3, 0.4) is 0 Å². The van der Waals surface area contributed by atoms with Gasteiger partial charge in [0.1, 0.15) is 5.82 Å². The molecule has 0 spiro atoms. The molecule has 2 amide bonds. The Morgan fingerprint density at radius 2 is 1.85 bits per heavy atom. The molecule has 9 heteroatoms. The maximum Gasteiger partial charge on any atom is 0.243 e. The molecule has 2 aliphatic rings. The molecule has 2 fully saturated rings. The summed E-state index contributed by atoms with van der Waals surface area (Å²) in [4.78, 5) is 24.0. The Morgan fingerprint density at radius 1 is 1.15 bits per heavy atom. The van der Waals surface area contributed by atoms with Gasteiger partial charge in [0.05, 0.1) is 10.8 Å². The van der Waals surface area contributed by atoms with E-state index in [2.05, 4.69) is 10.6 Å². The fourth-order valence-corrected chi connectivity index (χ4v) is 4.63. The summed E-state index contributed by atoms with van der Waals surface area (Å²) in [5, 5.41) is 5.58. The molecule has 0 bridgehead atoms. The van der Waals surface area contributed by atoms with Crippen molar-refractivity contribution in [1.29, 1.82) is 0 Å². The van der Waals surface area contributed by atoms with Crippen LogP contribution in [0.4, 0.5) is 4.39 Å². The van der Waals surface area contributed by atoms with E-state index in [0.29, 0.717) is 19.4 Å². The smallest absolute Gasteiger partial charge is 0.243 e. The van der Waals surface area contributed by atoms with Crippen molar-refractivity contribution in [3.63, 3.8) is 0 Å². The first kappa shape index (κ1) is 19.8. The number of nitrogens with zero attached hydrogens (tertiary/aromatic N) is 1. The van der Waals surface area contributed by atoms with Gasteiger partial charge >= 0.3 is 0 Å². The van der Waals surface area contributed by atoms with Crippen molar-refractivity contribution in [3.05, 3.63) is 30.1 Å². The summed E-state index contributed by atoms with van der Waals surface area (Å²) in [5.74, 6) is -1.29. The average molecular weight is 397 g/mol. The van der Waals surface area contributed by atoms with E-state index in [9.17, 15) is 22.4 Å². The van der Waals surface area contributed by atoms with Crippen LogP contribution in [0, 0.1) is 11.7 Å². The van der Waals surface area contributed by atoms with Gasteiger partial charge in [-0.3, -0.25) is 9.59 Å². The molecular formula is C18H24FN3O4S. The third kappa shape index (κ3) is 5.26. The first-order chi connectivity index (χ1) is 12.9. The van der Waals surface area contributed by atoms with Gasteiger partial charge in [-0.25, -0.2) is 12.8 Å².